The third-order valence-corrected chi connectivity index (χ3v) is 5.22. The Morgan fingerprint density at radius 2 is 2.09 bits per heavy atom. The van der Waals surface area contributed by atoms with Crippen LogP contribution in [-0.2, 0) is 20.0 Å². The molecule has 1 atom stereocenters. The number of hydrogen-bond acceptors (Lipinski definition) is 4. The summed E-state index contributed by atoms with van der Waals surface area (Å²) in [5.74, 6) is 0. The zero-order chi connectivity index (χ0) is 15.6. The van der Waals surface area contributed by atoms with Crippen LogP contribution in [0, 0.1) is 0 Å². The molecule has 2 aliphatic rings. The van der Waals surface area contributed by atoms with Gasteiger partial charge in [0, 0.05) is 51.2 Å². The topological polar surface area (TPSA) is 37.2 Å². The number of fused-ring (bicyclic) bond motifs is 1. The van der Waals surface area contributed by atoms with Crippen molar-refractivity contribution in [1.29, 1.82) is 0 Å². The van der Waals surface area contributed by atoms with E-state index in [1.54, 1.807) is 0 Å². The summed E-state index contributed by atoms with van der Waals surface area (Å²) >= 11 is 0. The van der Waals surface area contributed by atoms with Crippen molar-refractivity contribution in [2.45, 2.75) is 31.8 Å². The Bertz CT molecular complexity index is 645. The number of pyridine rings is 1. The van der Waals surface area contributed by atoms with Crippen LogP contribution in [-0.4, -0.2) is 50.5 Å². The van der Waals surface area contributed by atoms with Crippen molar-refractivity contribution in [3.63, 3.8) is 0 Å². The van der Waals surface area contributed by atoms with Crippen LogP contribution < -0.4 is 0 Å². The largest absolute Gasteiger partial charge is 0.337 e. The smallest absolute Gasteiger partial charge is 0.0949 e. The molecule has 0 bridgehead atoms. The zero-order valence-corrected chi connectivity index (χ0v) is 13.9. The average Bonchev–Trinajstić information content (AvgIpc) is 3.21. The van der Waals surface area contributed by atoms with E-state index in [0.717, 1.165) is 26.1 Å². The van der Waals surface area contributed by atoms with Gasteiger partial charge in [0.15, 0.2) is 0 Å². The van der Waals surface area contributed by atoms with Crippen molar-refractivity contribution in [3.8, 4) is 0 Å². The van der Waals surface area contributed by atoms with Crippen LogP contribution in [0.3, 0.4) is 0 Å². The minimum absolute atomic E-state index is 0.401. The monoisotopic (exact) mass is 311 g/mol. The van der Waals surface area contributed by atoms with Crippen LogP contribution in [0.15, 0.2) is 30.9 Å². The standard InChI is InChI=1S/C18H25N5/c1-21-14-20-18-16(21)6-10-23(12-15-5-4-7-19-11-15)17(18)13-22-8-2-3-9-22/h4-5,7,11,14,17H,2-3,6,8-10,12-13H2,1H3. The Morgan fingerprint density at radius 3 is 2.87 bits per heavy atom. The van der Waals surface area contributed by atoms with Gasteiger partial charge in [0.1, 0.15) is 0 Å². The van der Waals surface area contributed by atoms with Crippen molar-refractivity contribution in [3.05, 3.63) is 47.8 Å². The Balaban J connectivity index is 1.59. The molecule has 5 heteroatoms. The lowest BCUT2D eigenvalue weighted by atomic mass is 10.0. The molecule has 4 rings (SSSR count). The maximum absolute atomic E-state index is 4.75. The molecular weight excluding hydrogens is 286 g/mol. The van der Waals surface area contributed by atoms with E-state index in [0.29, 0.717) is 6.04 Å². The molecule has 2 aromatic rings. The minimum atomic E-state index is 0.401. The fourth-order valence-electron chi connectivity index (χ4n) is 3.96. The molecule has 122 valence electrons. The van der Waals surface area contributed by atoms with Crippen LogP contribution >= 0.6 is 0 Å². The predicted octanol–water partition coefficient (Wildman–Crippen LogP) is 2.01. The molecule has 1 saturated heterocycles. The molecule has 0 spiro atoms. The first-order valence-corrected chi connectivity index (χ1v) is 8.66. The average molecular weight is 311 g/mol. The molecule has 0 saturated carbocycles. The molecule has 23 heavy (non-hydrogen) atoms. The zero-order valence-electron chi connectivity index (χ0n) is 13.9. The van der Waals surface area contributed by atoms with Gasteiger partial charge in [-0.15, -0.1) is 0 Å². The number of aromatic nitrogens is 3. The van der Waals surface area contributed by atoms with E-state index in [1.165, 1.54) is 42.9 Å². The highest BCUT2D eigenvalue weighted by molar-refractivity contribution is 5.22. The second kappa shape index (κ2) is 6.42. The van der Waals surface area contributed by atoms with Gasteiger partial charge in [-0.1, -0.05) is 6.07 Å². The summed E-state index contributed by atoms with van der Waals surface area (Å²) in [6, 6.07) is 4.60. The van der Waals surface area contributed by atoms with Gasteiger partial charge < -0.3 is 9.47 Å². The van der Waals surface area contributed by atoms with Crippen LogP contribution in [0.2, 0.25) is 0 Å². The molecular formula is C18H25N5. The van der Waals surface area contributed by atoms with Crippen LogP contribution in [0.5, 0.6) is 0 Å². The third kappa shape index (κ3) is 3.03. The lowest BCUT2D eigenvalue weighted by Gasteiger charge is -2.37. The van der Waals surface area contributed by atoms with E-state index in [-0.39, 0.29) is 0 Å². The SMILES string of the molecule is Cn1cnc2c1CCN(Cc1cccnc1)C2CN1CCCC1. The fraction of sp³-hybridized carbons (Fsp3) is 0.556. The molecule has 0 N–H and O–H groups in total. The summed E-state index contributed by atoms with van der Waals surface area (Å²) in [7, 11) is 2.12. The summed E-state index contributed by atoms with van der Waals surface area (Å²) in [5, 5.41) is 0. The number of nitrogens with zero attached hydrogens (tertiary/aromatic N) is 5. The third-order valence-electron chi connectivity index (χ3n) is 5.22. The van der Waals surface area contributed by atoms with Crippen molar-refractivity contribution < 1.29 is 0 Å². The molecule has 0 aliphatic carbocycles. The molecule has 2 aliphatic heterocycles. The van der Waals surface area contributed by atoms with Crippen molar-refractivity contribution in [2.24, 2.45) is 7.05 Å². The molecule has 0 amide bonds. The fourth-order valence-corrected chi connectivity index (χ4v) is 3.96. The predicted molar refractivity (Wildman–Crippen MR) is 90.0 cm³/mol. The summed E-state index contributed by atoms with van der Waals surface area (Å²) in [4.78, 5) is 14.2. The van der Waals surface area contributed by atoms with Crippen LogP contribution in [0.1, 0.15) is 35.8 Å². The second-order valence-electron chi connectivity index (χ2n) is 6.79. The second-order valence-corrected chi connectivity index (χ2v) is 6.79. The highest BCUT2D eigenvalue weighted by Crippen LogP contribution is 2.31. The highest BCUT2D eigenvalue weighted by Gasteiger charge is 2.32. The van der Waals surface area contributed by atoms with E-state index < -0.39 is 0 Å². The summed E-state index contributed by atoms with van der Waals surface area (Å²) < 4.78 is 2.20. The van der Waals surface area contributed by atoms with E-state index in [4.69, 9.17) is 4.98 Å². The van der Waals surface area contributed by atoms with Gasteiger partial charge in [0.05, 0.1) is 18.1 Å². The Hall–Kier alpha value is -1.72. The maximum atomic E-state index is 4.75. The molecule has 1 unspecified atom stereocenters. The van der Waals surface area contributed by atoms with Crippen LogP contribution in [0.25, 0.3) is 0 Å². The van der Waals surface area contributed by atoms with Gasteiger partial charge in [-0.3, -0.25) is 9.88 Å². The lowest BCUT2D eigenvalue weighted by molar-refractivity contribution is 0.129. The summed E-state index contributed by atoms with van der Waals surface area (Å²) in [6.07, 6.45) is 9.58. The number of imidazole rings is 1. The number of hydrogen-bond donors (Lipinski definition) is 0. The Kier molecular flexibility index (Phi) is 4.14. The first-order chi connectivity index (χ1) is 11.3. The van der Waals surface area contributed by atoms with E-state index in [9.17, 15) is 0 Å². The van der Waals surface area contributed by atoms with E-state index in [2.05, 4.69) is 32.5 Å². The molecule has 2 aromatic heterocycles. The van der Waals surface area contributed by atoms with Crippen LogP contribution in [0.4, 0.5) is 0 Å². The molecule has 0 radical (unpaired) electrons. The number of aryl methyl sites for hydroxylation is 1. The minimum Gasteiger partial charge on any atom is -0.337 e. The normalized spacial score (nSPS) is 22.4. The first-order valence-electron chi connectivity index (χ1n) is 8.66. The van der Waals surface area contributed by atoms with E-state index >= 15 is 0 Å². The van der Waals surface area contributed by atoms with Gasteiger partial charge in [0.25, 0.3) is 0 Å². The summed E-state index contributed by atoms with van der Waals surface area (Å²) in [5.41, 5.74) is 3.99. The lowest BCUT2D eigenvalue weighted by Crippen LogP contribution is -2.41. The van der Waals surface area contributed by atoms with Gasteiger partial charge in [-0.2, -0.15) is 0 Å². The Morgan fingerprint density at radius 1 is 1.22 bits per heavy atom. The van der Waals surface area contributed by atoms with Gasteiger partial charge in [-0.05, 0) is 37.6 Å². The summed E-state index contributed by atoms with van der Waals surface area (Å²) in [6.45, 7) is 5.63. The van der Waals surface area contributed by atoms with Crippen molar-refractivity contribution in [2.75, 3.05) is 26.2 Å². The van der Waals surface area contributed by atoms with Gasteiger partial charge in [0.2, 0.25) is 0 Å². The highest BCUT2D eigenvalue weighted by atomic mass is 15.3. The maximum Gasteiger partial charge on any atom is 0.0949 e. The molecule has 4 heterocycles. The van der Waals surface area contributed by atoms with Crippen molar-refractivity contribution >= 4 is 0 Å². The van der Waals surface area contributed by atoms with Crippen molar-refractivity contribution in [1.82, 2.24) is 24.3 Å². The van der Waals surface area contributed by atoms with Gasteiger partial charge in [-0.25, -0.2) is 4.98 Å². The van der Waals surface area contributed by atoms with E-state index in [1.807, 2.05) is 24.8 Å². The molecule has 1 fully saturated rings. The number of rotatable bonds is 4. The number of likely N-dealkylation sites (tertiary alicyclic amines) is 1. The molecule has 5 nitrogen and oxygen atoms in total. The quantitative estimate of drug-likeness (QED) is 0.865. The van der Waals surface area contributed by atoms with Gasteiger partial charge >= 0.3 is 0 Å². The Labute approximate surface area is 138 Å². The first kappa shape index (κ1) is 14.8. The molecule has 0 aromatic carbocycles.